The van der Waals surface area contributed by atoms with Crippen LogP contribution >= 0.6 is 0 Å². The summed E-state index contributed by atoms with van der Waals surface area (Å²) in [6, 6.07) is 7.14. The van der Waals surface area contributed by atoms with Gasteiger partial charge in [-0.2, -0.15) is 0 Å². The molecular weight excluding hydrogens is 258 g/mol. The van der Waals surface area contributed by atoms with E-state index in [1.165, 1.54) is 25.7 Å². The summed E-state index contributed by atoms with van der Waals surface area (Å²) in [6.45, 7) is 2.86. The molecule has 0 heterocycles. The van der Waals surface area contributed by atoms with Crippen molar-refractivity contribution >= 4 is 15.5 Å². The van der Waals surface area contributed by atoms with E-state index in [9.17, 15) is 8.42 Å². The molecule has 1 aliphatic carbocycles. The zero-order valence-electron chi connectivity index (χ0n) is 11.6. The van der Waals surface area contributed by atoms with Crippen molar-refractivity contribution < 1.29 is 8.42 Å². The van der Waals surface area contributed by atoms with Gasteiger partial charge in [0.25, 0.3) is 0 Å². The third kappa shape index (κ3) is 3.96. The third-order valence-electron chi connectivity index (χ3n) is 3.79. The van der Waals surface area contributed by atoms with Crippen molar-refractivity contribution in [3.8, 4) is 0 Å². The SMILES string of the molecule is CCCS(=O)(=O)c1ccc(NCCC2CCC2)cc1. The molecule has 0 bridgehead atoms. The fraction of sp³-hybridized carbons (Fsp3) is 0.600. The lowest BCUT2D eigenvalue weighted by Crippen LogP contribution is -2.15. The summed E-state index contributed by atoms with van der Waals surface area (Å²) in [5.41, 5.74) is 1.01. The summed E-state index contributed by atoms with van der Waals surface area (Å²) >= 11 is 0. The average molecular weight is 281 g/mol. The summed E-state index contributed by atoms with van der Waals surface area (Å²) in [5.74, 6) is 1.12. The molecular formula is C15H23NO2S. The quantitative estimate of drug-likeness (QED) is 0.832. The van der Waals surface area contributed by atoms with Gasteiger partial charge in [-0.1, -0.05) is 26.2 Å². The normalized spacial score (nSPS) is 16.1. The minimum absolute atomic E-state index is 0.224. The largest absolute Gasteiger partial charge is 0.385 e. The highest BCUT2D eigenvalue weighted by Crippen LogP contribution is 2.29. The molecule has 2 rings (SSSR count). The van der Waals surface area contributed by atoms with Gasteiger partial charge >= 0.3 is 0 Å². The number of rotatable bonds is 7. The highest BCUT2D eigenvalue weighted by atomic mass is 32.2. The van der Waals surface area contributed by atoms with E-state index in [4.69, 9.17) is 0 Å². The molecule has 19 heavy (non-hydrogen) atoms. The molecule has 1 saturated carbocycles. The zero-order valence-corrected chi connectivity index (χ0v) is 12.4. The van der Waals surface area contributed by atoms with E-state index in [1.807, 2.05) is 19.1 Å². The predicted molar refractivity (Wildman–Crippen MR) is 79.2 cm³/mol. The third-order valence-corrected chi connectivity index (χ3v) is 5.73. The summed E-state index contributed by atoms with van der Waals surface area (Å²) in [6.07, 6.45) is 6.00. The number of benzene rings is 1. The van der Waals surface area contributed by atoms with Crippen LogP contribution in [0.4, 0.5) is 5.69 Å². The number of hydrogen-bond donors (Lipinski definition) is 1. The van der Waals surface area contributed by atoms with Crippen LogP contribution in [0.25, 0.3) is 0 Å². The molecule has 0 atom stereocenters. The Hall–Kier alpha value is -1.03. The first-order valence-electron chi connectivity index (χ1n) is 7.18. The smallest absolute Gasteiger partial charge is 0.178 e. The van der Waals surface area contributed by atoms with Crippen LogP contribution in [0, 0.1) is 5.92 Å². The maximum Gasteiger partial charge on any atom is 0.178 e. The van der Waals surface area contributed by atoms with Crippen LogP contribution in [-0.2, 0) is 9.84 Å². The molecule has 1 aromatic rings. The Morgan fingerprint density at radius 2 is 1.89 bits per heavy atom. The molecule has 0 spiro atoms. The van der Waals surface area contributed by atoms with Crippen LogP contribution in [0.3, 0.4) is 0 Å². The molecule has 0 amide bonds. The molecule has 4 heteroatoms. The van der Waals surface area contributed by atoms with Gasteiger partial charge in [-0.3, -0.25) is 0 Å². The molecule has 1 aliphatic rings. The molecule has 106 valence electrons. The number of sulfone groups is 1. The van der Waals surface area contributed by atoms with E-state index in [-0.39, 0.29) is 5.75 Å². The molecule has 1 fully saturated rings. The lowest BCUT2D eigenvalue weighted by Gasteiger charge is -2.25. The van der Waals surface area contributed by atoms with E-state index in [0.29, 0.717) is 11.3 Å². The monoisotopic (exact) mass is 281 g/mol. The molecule has 0 unspecified atom stereocenters. The van der Waals surface area contributed by atoms with Gasteiger partial charge in [0.15, 0.2) is 9.84 Å². The van der Waals surface area contributed by atoms with Gasteiger partial charge in [0, 0.05) is 12.2 Å². The molecule has 1 aromatic carbocycles. The van der Waals surface area contributed by atoms with Gasteiger partial charge in [-0.15, -0.1) is 0 Å². The van der Waals surface area contributed by atoms with Crippen molar-refractivity contribution in [2.75, 3.05) is 17.6 Å². The first-order chi connectivity index (χ1) is 9.12. The number of nitrogens with one attached hydrogen (secondary N) is 1. The predicted octanol–water partition coefficient (Wildman–Crippen LogP) is 3.47. The Kier molecular flexibility index (Phi) is 4.86. The van der Waals surface area contributed by atoms with E-state index in [1.54, 1.807) is 12.1 Å². The maximum atomic E-state index is 11.9. The molecule has 0 radical (unpaired) electrons. The lowest BCUT2D eigenvalue weighted by molar-refractivity contribution is 0.303. The van der Waals surface area contributed by atoms with E-state index in [2.05, 4.69) is 5.32 Å². The minimum Gasteiger partial charge on any atom is -0.385 e. The van der Waals surface area contributed by atoms with Crippen molar-refractivity contribution in [1.29, 1.82) is 0 Å². The highest BCUT2D eigenvalue weighted by molar-refractivity contribution is 7.91. The second-order valence-electron chi connectivity index (χ2n) is 5.36. The van der Waals surface area contributed by atoms with Crippen LogP contribution in [0.15, 0.2) is 29.2 Å². The summed E-state index contributed by atoms with van der Waals surface area (Å²) < 4.78 is 23.7. The molecule has 0 aromatic heterocycles. The maximum absolute atomic E-state index is 11.9. The molecule has 1 N–H and O–H groups in total. The van der Waals surface area contributed by atoms with Crippen LogP contribution < -0.4 is 5.32 Å². The summed E-state index contributed by atoms with van der Waals surface area (Å²) in [7, 11) is -3.08. The van der Waals surface area contributed by atoms with Crippen molar-refractivity contribution in [1.82, 2.24) is 0 Å². The molecule has 0 saturated heterocycles. The van der Waals surface area contributed by atoms with Crippen LogP contribution in [0.2, 0.25) is 0 Å². The molecule has 3 nitrogen and oxygen atoms in total. The van der Waals surface area contributed by atoms with E-state index >= 15 is 0 Å². The lowest BCUT2D eigenvalue weighted by atomic mass is 9.83. The zero-order chi connectivity index (χ0) is 13.7. The number of hydrogen-bond acceptors (Lipinski definition) is 3. The fourth-order valence-corrected chi connectivity index (χ4v) is 3.69. The Labute approximate surface area is 116 Å². The topological polar surface area (TPSA) is 46.2 Å². The molecule has 0 aliphatic heterocycles. The standard InChI is InChI=1S/C15H23NO2S/c1-2-12-19(17,18)15-8-6-14(7-9-15)16-11-10-13-4-3-5-13/h6-9,13,16H,2-5,10-12H2,1H3. The van der Waals surface area contributed by atoms with Gasteiger partial charge in [0.05, 0.1) is 10.6 Å². The second-order valence-corrected chi connectivity index (χ2v) is 7.46. The van der Waals surface area contributed by atoms with Crippen LogP contribution in [0.5, 0.6) is 0 Å². The number of anilines is 1. The van der Waals surface area contributed by atoms with Gasteiger partial charge in [0.2, 0.25) is 0 Å². The Bertz CT molecular complexity index is 489. The first kappa shape index (κ1) is 14.4. The van der Waals surface area contributed by atoms with Crippen LogP contribution in [-0.4, -0.2) is 20.7 Å². The Balaban J connectivity index is 1.87. The van der Waals surface area contributed by atoms with Gasteiger partial charge in [-0.05, 0) is 43.0 Å². The minimum atomic E-state index is -3.08. The summed E-state index contributed by atoms with van der Waals surface area (Å²) in [5, 5.41) is 3.36. The van der Waals surface area contributed by atoms with Gasteiger partial charge < -0.3 is 5.32 Å². The van der Waals surface area contributed by atoms with Crippen molar-refractivity contribution in [3.05, 3.63) is 24.3 Å². The van der Waals surface area contributed by atoms with Gasteiger partial charge in [-0.25, -0.2) is 8.42 Å². The Morgan fingerprint density at radius 3 is 2.42 bits per heavy atom. The van der Waals surface area contributed by atoms with Gasteiger partial charge in [0.1, 0.15) is 0 Å². The van der Waals surface area contributed by atoms with E-state index in [0.717, 1.165) is 18.2 Å². The first-order valence-corrected chi connectivity index (χ1v) is 8.84. The summed E-state index contributed by atoms with van der Waals surface area (Å²) in [4.78, 5) is 0.430. The van der Waals surface area contributed by atoms with Crippen molar-refractivity contribution in [2.45, 2.75) is 43.9 Å². The van der Waals surface area contributed by atoms with E-state index < -0.39 is 9.84 Å². The fourth-order valence-electron chi connectivity index (χ4n) is 2.37. The van der Waals surface area contributed by atoms with Crippen LogP contribution in [0.1, 0.15) is 39.0 Å². The Morgan fingerprint density at radius 1 is 1.21 bits per heavy atom. The second kappa shape index (κ2) is 6.42. The average Bonchev–Trinajstić information content (AvgIpc) is 2.33. The highest BCUT2D eigenvalue weighted by Gasteiger charge is 2.16. The van der Waals surface area contributed by atoms with Crippen molar-refractivity contribution in [2.24, 2.45) is 5.92 Å². The van der Waals surface area contributed by atoms with Crippen molar-refractivity contribution in [3.63, 3.8) is 0 Å².